The van der Waals surface area contributed by atoms with E-state index in [0.29, 0.717) is 6.54 Å². The van der Waals surface area contributed by atoms with Crippen molar-refractivity contribution in [3.8, 4) is 0 Å². The number of pyridine rings is 1. The van der Waals surface area contributed by atoms with Crippen LogP contribution in [0.4, 0.5) is 5.69 Å². The van der Waals surface area contributed by atoms with Gasteiger partial charge >= 0.3 is 0 Å². The first-order chi connectivity index (χ1) is 8.81. The van der Waals surface area contributed by atoms with E-state index in [-0.39, 0.29) is 5.56 Å². The summed E-state index contributed by atoms with van der Waals surface area (Å²) in [5.41, 5.74) is 1.16. The molecule has 0 radical (unpaired) electrons. The maximum atomic E-state index is 11.5. The van der Waals surface area contributed by atoms with E-state index in [9.17, 15) is 4.79 Å². The van der Waals surface area contributed by atoms with Crippen molar-refractivity contribution >= 4 is 17.4 Å². The van der Waals surface area contributed by atoms with Gasteiger partial charge in [0.25, 0.3) is 5.56 Å². The topological polar surface area (TPSA) is 34.0 Å². The van der Waals surface area contributed by atoms with Crippen LogP contribution in [0.15, 0.2) is 58.4 Å². The second kappa shape index (κ2) is 6.31. The van der Waals surface area contributed by atoms with Crippen molar-refractivity contribution in [1.82, 2.24) is 4.57 Å². The minimum Gasteiger partial charge on any atom is -0.382 e. The average molecular weight is 260 g/mol. The van der Waals surface area contributed by atoms with Gasteiger partial charge in [-0.3, -0.25) is 4.79 Å². The summed E-state index contributed by atoms with van der Waals surface area (Å²) in [5, 5.41) is 3.36. The quantitative estimate of drug-likeness (QED) is 0.839. The maximum absolute atomic E-state index is 11.5. The highest BCUT2D eigenvalue weighted by molar-refractivity contribution is 7.98. The lowest BCUT2D eigenvalue weighted by atomic mass is 10.3. The lowest BCUT2D eigenvalue weighted by Gasteiger charge is -2.11. The highest BCUT2D eigenvalue weighted by atomic mass is 32.2. The molecule has 2 rings (SSSR count). The molecule has 1 aromatic heterocycles. The second-order valence-corrected chi connectivity index (χ2v) is 4.71. The van der Waals surface area contributed by atoms with Gasteiger partial charge in [0.05, 0.1) is 0 Å². The van der Waals surface area contributed by atoms with Crippen molar-refractivity contribution in [2.24, 2.45) is 0 Å². The molecule has 4 heteroatoms. The number of rotatable bonds is 5. The number of thioether (sulfide) groups is 1. The van der Waals surface area contributed by atoms with Gasteiger partial charge in [0, 0.05) is 35.9 Å². The van der Waals surface area contributed by atoms with Crippen LogP contribution in [-0.4, -0.2) is 17.4 Å². The molecule has 0 amide bonds. The largest absolute Gasteiger partial charge is 0.382 e. The molecule has 1 N–H and O–H groups in total. The van der Waals surface area contributed by atoms with Crippen LogP contribution in [-0.2, 0) is 6.54 Å². The summed E-state index contributed by atoms with van der Waals surface area (Å²) in [5.74, 6) is 0. The minimum absolute atomic E-state index is 0.0393. The predicted octanol–water partition coefficient (Wildman–Crippen LogP) is 2.68. The number of anilines is 1. The fourth-order valence-electron chi connectivity index (χ4n) is 1.75. The van der Waals surface area contributed by atoms with E-state index in [1.165, 1.54) is 4.90 Å². The van der Waals surface area contributed by atoms with E-state index >= 15 is 0 Å². The highest BCUT2D eigenvalue weighted by Crippen LogP contribution is 2.24. The van der Waals surface area contributed by atoms with Crippen LogP contribution in [0, 0.1) is 0 Å². The molecule has 1 aromatic carbocycles. The first-order valence-electron chi connectivity index (χ1n) is 5.83. The van der Waals surface area contributed by atoms with Crippen molar-refractivity contribution in [1.29, 1.82) is 0 Å². The van der Waals surface area contributed by atoms with Crippen LogP contribution < -0.4 is 10.9 Å². The molecule has 1 heterocycles. The summed E-state index contributed by atoms with van der Waals surface area (Å²) in [4.78, 5) is 12.7. The molecular formula is C14H16N2OS. The molecule has 0 fully saturated rings. The van der Waals surface area contributed by atoms with Crippen LogP contribution >= 0.6 is 11.8 Å². The Morgan fingerprint density at radius 3 is 2.72 bits per heavy atom. The molecule has 2 aromatic rings. The Hall–Kier alpha value is -1.68. The first kappa shape index (κ1) is 12.8. The van der Waals surface area contributed by atoms with E-state index in [0.717, 1.165) is 12.2 Å². The summed E-state index contributed by atoms with van der Waals surface area (Å²) < 4.78 is 1.70. The van der Waals surface area contributed by atoms with E-state index in [1.54, 1.807) is 28.5 Å². The van der Waals surface area contributed by atoms with E-state index in [1.807, 2.05) is 24.4 Å². The number of nitrogens with zero attached hydrogens (tertiary/aromatic N) is 1. The molecule has 0 aliphatic heterocycles. The monoisotopic (exact) mass is 260 g/mol. The summed E-state index contributed by atoms with van der Waals surface area (Å²) in [6, 6.07) is 13.4. The highest BCUT2D eigenvalue weighted by Gasteiger charge is 1.99. The number of hydrogen-bond donors (Lipinski definition) is 1. The zero-order valence-electron chi connectivity index (χ0n) is 10.3. The Kier molecular flexibility index (Phi) is 4.47. The van der Waals surface area contributed by atoms with Crippen LogP contribution in [0.5, 0.6) is 0 Å². The van der Waals surface area contributed by atoms with Gasteiger partial charge in [-0.1, -0.05) is 18.2 Å². The molecule has 18 heavy (non-hydrogen) atoms. The smallest absolute Gasteiger partial charge is 0.250 e. The van der Waals surface area contributed by atoms with Crippen molar-refractivity contribution in [2.75, 3.05) is 18.1 Å². The van der Waals surface area contributed by atoms with E-state index < -0.39 is 0 Å². The fourth-order valence-corrected chi connectivity index (χ4v) is 2.32. The Balaban J connectivity index is 1.97. The van der Waals surface area contributed by atoms with Crippen molar-refractivity contribution in [2.45, 2.75) is 11.4 Å². The van der Waals surface area contributed by atoms with Crippen LogP contribution in [0.1, 0.15) is 0 Å². The molecule has 0 aliphatic carbocycles. The van der Waals surface area contributed by atoms with Gasteiger partial charge in [-0.25, -0.2) is 0 Å². The number of para-hydroxylation sites is 1. The number of benzene rings is 1. The number of hydrogen-bond acceptors (Lipinski definition) is 3. The third kappa shape index (κ3) is 3.17. The normalized spacial score (nSPS) is 10.3. The fraction of sp³-hybridized carbons (Fsp3) is 0.214. The summed E-state index contributed by atoms with van der Waals surface area (Å²) in [6.07, 6.45) is 3.87. The average Bonchev–Trinajstić information content (AvgIpc) is 2.41. The summed E-state index contributed by atoms with van der Waals surface area (Å²) in [6.45, 7) is 1.41. The predicted molar refractivity (Wildman–Crippen MR) is 77.4 cm³/mol. The standard InChI is InChI=1S/C14H16N2OS/c1-18-13-7-3-2-6-12(13)15-9-11-16-10-5-4-8-14(16)17/h2-8,10,15H,9,11H2,1H3. The minimum atomic E-state index is 0.0393. The molecule has 3 nitrogen and oxygen atoms in total. The molecule has 0 atom stereocenters. The maximum Gasteiger partial charge on any atom is 0.250 e. The molecule has 0 bridgehead atoms. The Bertz CT molecular complexity index is 565. The van der Waals surface area contributed by atoms with Crippen molar-refractivity contribution in [3.63, 3.8) is 0 Å². The van der Waals surface area contributed by atoms with Crippen molar-refractivity contribution < 1.29 is 0 Å². The van der Waals surface area contributed by atoms with Crippen molar-refractivity contribution in [3.05, 3.63) is 59.0 Å². The van der Waals surface area contributed by atoms with Gasteiger partial charge in [-0.15, -0.1) is 11.8 Å². The summed E-state index contributed by atoms with van der Waals surface area (Å²) >= 11 is 1.71. The van der Waals surface area contributed by atoms with E-state index in [2.05, 4.69) is 23.7 Å². The van der Waals surface area contributed by atoms with Crippen LogP contribution in [0.3, 0.4) is 0 Å². The summed E-state index contributed by atoms with van der Waals surface area (Å²) in [7, 11) is 0. The molecular weight excluding hydrogens is 244 g/mol. The molecule has 0 unspecified atom stereocenters. The lowest BCUT2D eigenvalue weighted by Crippen LogP contribution is -2.22. The zero-order valence-corrected chi connectivity index (χ0v) is 11.1. The van der Waals surface area contributed by atoms with E-state index in [4.69, 9.17) is 0 Å². The van der Waals surface area contributed by atoms with Crippen LogP contribution in [0.2, 0.25) is 0 Å². The Labute approximate surface area is 111 Å². The Morgan fingerprint density at radius 2 is 1.94 bits per heavy atom. The van der Waals surface area contributed by atoms with Gasteiger partial charge < -0.3 is 9.88 Å². The lowest BCUT2D eigenvalue weighted by molar-refractivity contribution is 0.697. The SMILES string of the molecule is CSc1ccccc1NCCn1ccccc1=O. The molecule has 0 saturated heterocycles. The number of nitrogens with one attached hydrogen (secondary N) is 1. The third-order valence-electron chi connectivity index (χ3n) is 2.67. The van der Waals surface area contributed by atoms with Gasteiger partial charge in [-0.05, 0) is 24.5 Å². The number of aromatic nitrogens is 1. The van der Waals surface area contributed by atoms with Gasteiger partial charge in [0.1, 0.15) is 0 Å². The molecule has 0 saturated carbocycles. The molecule has 0 aliphatic rings. The zero-order chi connectivity index (χ0) is 12.8. The third-order valence-corrected chi connectivity index (χ3v) is 3.47. The molecule has 94 valence electrons. The first-order valence-corrected chi connectivity index (χ1v) is 7.06. The van der Waals surface area contributed by atoms with Gasteiger partial charge in [-0.2, -0.15) is 0 Å². The molecule has 0 spiro atoms. The second-order valence-electron chi connectivity index (χ2n) is 3.86. The van der Waals surface area contributed by atoms with Gasteiger partial charge in [0.2, 0.25) is 0 Å². The van der Waals surface area contributed by atoms with Gasteiger partial charge in [0.15, 0.2) is 0 Å². The Morgan fingerprint density at radius 1 is 1.17 bits per heavy atom. The van der Waals surface area contributed by atoms with Crippen LogP contribution in [0.25, 0.3) is 0 Å².